The molecule has 1 aromatic rings. The van der Waals surface area contributed by atoms with Gasteiger partial charge < -0.3 is 26.0 Å². The van der Waals surface area contributed by atoms with E-state index in [1.807, 2.05) is 20.8 Å². The normalized spacial score (nSPS) is 13.5. The standard InChI is InChI=1S/C27H40N4O5/c1-8-11-18(4)29-24(33)23(20-14-12-19(10-3)13-15-20)31(16-9-2)25(34)21(17-22(28)32)30-26(35)36-27(5,6)7/h3,12-15,18,21,23H,8-9,11,16-17H2,1-2,4-7H3,(H2,28,32)(H,29,33)(H,30,35). The lowest BCUT2D eigenvalue weighted by atomic mass is 10.00. The Labute approximate surface area is 214 Å². The first-order valence-electron chi connectivity index (χ1n) is 12.3. The number of nitrogens with two attached hydrogens (primary N) is 1. The molecule has 0 aromatic heterocycles. The molecular weight excluding hydrogens is 460 g/mol. The van der Waals surface area contributed by atoms with Crippen LogP contribution in [0.3, 0.4) is 0 Å². The summed E-state index contributed by atoms with van der Waals surface area (Å²) in [4.78, 5) is 52.9. The fourth-order valence-corrected chi connectivity index (χ4v) is 3.72. The van der Waals surface area contributed by atoms with E-state index in [1.54, 1.807) is 45.0 Å². The zero-order valence-corrected chi connectivity index (χ0v) is 22.2. The highest BCUT2D eigenvalue weighted by Crippen LogP contribution is 2.24. The number of primary amides is 1. The highest BCUT2D eigenvalue weighted by atomic mass is 16.6. The first kappa shape index (κ1) is 30.5. The summed E-state index contributed by atoms with van der Waals surface area (Å²) in [6.07, 6.45) is 6.33. The van der Waals surface area contributed by atoms with E-state index in [0.717, 1.165) is 12.8 Å². The van der Waals surface area contributed by atoms with Gasteiger partial charge >= 0.3 is 6.09 Å². The van der Waals surface area contributed by atoms with Crippen LogP contribution in [-0.2, 0) is 19.1 Å². The van der Waals surface area contributed by atoms with Crippen molar-refractivity contribution in [3.05, 3.63) is 35.4 Å². The largest absolute Gasteiger partial charge is 0.444 e. The van der Waals surface area contributed by atoms with E-state index in [9.17, 15) is 19.2 Å². The minimum Gasteiger partial charge on any atom is -0.444 e. The number of hydrogen-bond donors (Lipinski definition) is 3. The number of rotatable bonds is 12. The Morgan fingerprint density at radius 3 is 2.17 bits per heavy atom. The summed E-state index contributed by atoms with van der Waals surface area (Å²) < 4.78 is 5.27. The molecule has 9 nitrogen and oxygen atoms in total. The second-order valence-corrected chi connectivity index (χ2v) is 9.77. The van der Waals surface area contributed by atoms with E-state index >= 15 is 0 Å². The topological polar surface area (TPSA) is 131 Å². The molecule has 0 saturated heterocycles. The summed E-state index contributed by atoms with van der Waals surface area (Å²) in [5.41, 5.74) is 5.75. The van der Waals surface area contributed by atoms with Crippen LogP contribution >= 0.6 is 0 Å². The maximum absolute atomic E-state index is 13.8. The highest BCUT2D eigenvalue weighted by molar-refractivity contribution is 5.94. The highest BCUT2D eigenvalue weighted by Gasteiger charge is 2.36. The third kappa shape index (κ3) is 9.98. The molecule has 0 saturated carbocycles. The van der Waals surface area contributed by atoms with Crippen LogP contribution in [0.2, 0.25) is 0 Å². The fourth-order valence-electron chi connectivity index (χ4n) is 3.72. The molecular formula is C27H40N4O5. The number of ether oxygens (including phenoxy) is 1. The minimum absolute atomic E-state index is 0.116. The second kappa shape index (κ2) is 14.1. The molecule has 0 heterocycles. The van der Waals surface area contributed by atoms with Crippen LogP contribution in [0.4, 0.5) is 4.79 Å². The molecule has 36 heavy (non-hydrogen) atoms. The van der Waals surface area contributed by atoms with Crippen LogP contribution in [0.25, 0.3) is 0 Å². The summed E-state index contributed by atoms with van der Waals surface area (Å²) in [5.74, 6) is 0.760. The summed E-state index contributed by atoms with van der Waals surface area (Å²) in [6, 6.07) is 4.35. The average molecular weight is 501 g/mol. The van der Waals surface area contributed by atoms with Gasteiger partial charge in [0.25, 0.3) is 0 Å². The molecule has 1 aromatic carbocycles. The molecule has 0 aliphatic heterocycles. The predicted octanol–water partition coefficient (Wildman–Crippen LogP) is 3.02. The Hall–Kier alpha value is -3.54. The molecule has 0 fully saturated rings. The van der Waals surface area contributed by atoms with Crippen LogP contribution in [0.1, 0.15) is 84.4 Å². The van der Waals surface area contributed by atoms with E-state index in [0.29, 0.717) is 17.5 Å². The monoisotopic (exact) mass is 500 g/mol. The van der Waals surface area contributed by atoms with Gasteiger partial charge in [-0.3, -0.25) is 14.4 Å². The molecule has 3 atom stereocenters. The van der Waals surface area contributed by atoms with Crippen molar-refractivity contribution in [2.24, 2.45) is 5.73 Å². The average Bonchev–Trinajstić information content (AvgIpc) is 2.76. The van der Waals surface area contributed by atoms with E-state index in [1.165, 1.54) is 4.90 Å². The molecule has 0 aliphatic carbocycles. The smallest absolute Gasteiger partial charge is 0.408 e. The lowest BCUT2D eigenvalue weighted by Gasteiger charge is -2.34. The number of hydrogen-bond acceptors (Lipinski definition) is 5. The SMILES string of the molecule is C#Cc1ccc(C(C(=O)NC(C)CCC)N(CCC)C(=O)C(CC(N)=O)NC(=O)OC(C)(C)C)cc1. The van der Waals surface area contributed by atoms with Crippen molar-refractivity contribution in [1.29, 1.82) is 0 Å². The molecule has 9 heteroatoms. The van der Waals surface area contributed by atoms with E-state index in [2.05, 4.69) is 16.6 Å². The van der Waals surface area contributed by atoms with Gasteiger partial charge in [-0.05, 0) is 58.2 Å². The molecule has 4 amide bonds. The van der Waals surface area contributed by atoms with Crippen molar-refractivity contribution >= 4 is 23.8 Å². The van der Waals surface area contributed by atoms with Gasteiger partial charge in [0.05, 0.1) is 6.42 Å². The molecule has 198 valence electrons. The molecule has 0 spiro atoms. The summed E-state index contributed by atoms with van der Waals surface area (Å²) >= 11 is 0. The third-order valence-electron chi connectivity index (χ3n) is 5.21. The summed E-state index contributed by atoms with van der Waals surface area (Å²) in [7, 11) is 0. The molecule has 0 radical (unpaired) electrons. The number of nitrogens with zero attached hydrogens (tertiary/aromatic N) is 1. The molecule has 4 N–H and O–H groups in total. The number of carbonyl (C=O) groups excluding carboxylic acids is 4. The predicted molar refractivity (Wildman–Crippen MR) is 139 cm³/mol. The molecule has 0 aliphatic rings. The van der Waals surface area contributed by atoms with Crippen LogP contribution in [-0.4, -0.2) is 52.9 Å². The zero-order valence-electron chi connectivity index (χ0n) is 22.2. The Kier molecular flexibility index (Phi) is 12.0. The molecule has 1 rings (SSSR count). The van der Waals surface area contributed by atoms with Gasteiger partial charge in [0.2, 0.25) is 17.7 Å². The minimum atomic E-state index is -1.31. The van der Waals surface area contributed by atoms with E-state index in [-0.39, 0.29) is 18.5 Å². The number of terminal acetylenes is 1. The van der Waals surface area contributed by atoms with Crippen molar-refractivity contribution in [2.75, 3.05) is 6.54 Å². The van der Waals surface area contributed by atoms with Gasteiger partial charge in [-0.2, -0.15) is 0 Å². The first-order valence-corrected chi connectivity index (χ1v) is 12.3. The van der Waals surface area contributed by atoms with Crippen molar-refractivity contribution < 1.29 is 23.9 Å². The van der Waals surface area contributed by atoms with Crippen molar-refractivity contribution in [2.45, 2.75) is 91.0 Å². The van der Waals surface area contributed by atoms with Crippen LogP contribution in [0, 0.1) is 12.3 Å². The van der Waals surface area contributed by atoms with Crippen molar-refractivity contribution in [3.63, 3.8) is 0 Å². The van der Waals surface area contributed by atoms with Crippen LogP contribution in [0.15, 0.2) is 24.3 Å². The van der Waals surface area contributed by atoms with Crippen molar-refractivity contribution in [1.82, 2.24) is 15.5 Å². The number of amides is 4. The Morgan fingerprint density at radius 2 is 1.69 bits per heavy atom. The maximum Gasteiger partial charge on any atom is 0.408 e. The van der Waals surface area contributed by atoms with Gasteiger partial charge in [0, 0.05) is 18.2 Å². The van der Waals surface area contributed by atoms with Crippen LogP contribution in [0.5, 0.6) is 0 Å². The van der Waals surface area contributed by atoms with Gasteiger partial charge in [-0.25, -0.2) is 4.79 Å². The third-order valence-corrected chi connectivity index (χ3v) is 5.21. The molecule has 0 bridgehead atoms. The fraction of sp³-hybridized carbons (Fsp3) is 0.556. The summed E-state index contributed by atoms with van der Waals surface area (Å²) in [6.45, 7) is 11.0. The lowest BCUT2D eigenvalue weighted by molar-refractivity contribution is -0.143. The maximum atomic E-state index is 13.8. The zero-order chi connectivity index (χ0) is 27.5. The lowest BCUT2D eigenvalue weighted by Crippen LogP contribution is -2.54. The van der Waals surface area contributed by atoms with Gasteiger partial charge in [0.1, 0.15) is 17.7 Å². The van der Waals surface area contributed by atoms with Gasteiger partial charge in [-0.1, -0.05) is 38.3 Å². The number of alkyl carbamates (subject to hydrolysis) is 1. The number of carbonyl (C=O) groups is 4. The van der Waals surface area contributed by atoms with E-state index in [4.69, 9.17) is 16.9 Å². The molecule has 3 unspecified atom stereocenters. The Morgan fingerprint density at radius 1 is 1.08 bits per heavy atom. The quantitative estimate of drug-likeness (QED) is 0.380. The summed E-state index contributed by atoms with van der Waals surface area (Å²) in [5, 5.41) is 5.43. The van der Waals surface area contributed by atoms with E-state index < -0.39 is 42.0 Å². The van der Waals surface area contributed by atoms with Crippen molar-refractivity contribution in [3.8, 4) is 12.3 Å². The first-order chi connectivity index (χ1) is 16.8. The number of nitrogens with one attached hydrogen (secondary N) is 2. The van der Waals surface area contributed by atoms with Gasteiger partial charge in [0.15, 0.2) is 0 Å². The Balaban J connectivity index is 3.46. The Bertz CT molecular complexity index is 946. The van der Waals surface area contributed by atoms with Crippen LogP contribution < -0.4 is 16.4 Å². The number of benzene rings is 1. The van der Waals surface area contributed by atoms with Gasteiger partial charge in [-0.15, -0.1) is 6.42 Å². The second-order valence-electron chi connectivity index (χ2n) is 9.77.